The van der Waals surface area contributed by atoms with Gasteiger partial charge in [-0.3, -0.25) is 9.59 Å². The number of halogens is 1. The lowest BCUT2D eigenvalue weighted by Crippen LogP contribution is -2.39. The van der Waals surface area contributed by atoms with E-state index in [0.29, 0.717) is 36.0 Å². The number of likely N-dealkylation sites (tertiary alicyclic amines) is 1. The van der Waals surface area contributed by atoms with Crippen molar-refractivity contribution in [1.82, 2.24) is 29.9 Å². The SMILES string of the molecule is CCCCC(=O)N1CCC[C@H](c2nc3c(nnn3Cc3ccccc3Cl)c(=O)[nH]2)C1. The van der Waals surface area contributed by atoms with Crippen molar-refractivity contribution in [3.63, 3.8) is 0 Å². The number of aromatic amines is 1. The summed E-state index contributed by atoms with van der Waals surface area (Å²) in [4.78, 5) is 34.5. The molecular formula is C21H25ClN6O2. The van der Waals surface area contributed by atoms with Crippen molar-refractivity contribution in [2.45, 2.75) is 51.5 Å². The number of benzene rings is 1. The summed E-state index contributed by atoms with van der Waals surface area (Å²) in [7, 11) is 0. The molecule has 4 rings (SSSR count). The zero-order valence-corrected chi connectivity index (χ0v) is 17.7. The molecule has 1 saturated heterocycles. The van der Waals surface area contributed by atoms with Crippen molar-refractivity contribution in [1.29, 1.82) is 0 Å². The molecule has 0 aliphatic carbocycles. The van der Waals surface area contributed by atoms with Crippen LogP contribution < -0.4 is 5.56 Å². The smallest absolute Gasteiger partial charge is 0.281 e. The van der Waals surface area contributed by atoms with Gasteiger partial charge in [0.25, 0.3) is 5.56 Å². The van der Waals surface area contributed by atoms with Crippen LogP contribution in [-0.4, -0.2) is 48.9 Å². The topological polar surface area (TPSA) is 96.8 Å². The normalized spacial score (nSPS) is 16.9. The Kier molecular flexibility index (Phi) is 6.13. The van der Waals surface area contributed by atoms with E-state index in [-0.39, 0.29) is 22.9 Å². The van der Waals surface area contributed by atoms with Gasteiger partial charge in [0.15, 0.2) is 11.2 Å². The molecule has 1 aliphatic rings. The van der Waals surface area contributed by atoms with E-state index in [1.807, 2.05) is 29.2 Å². The number of hydrogen-bond donors (Lipinski definition) is 1. The van der Waals surface area contributed by atoms with Crippen LogP contribution in [0, 0.1) is 0 Å². The molecule has 1 amide bonds. The fourth-order valence-corrected chi connectivity index (χ4v) is 4.08. The molecule has 2 aromatic heterocycles. The Morgan fingerprint density at radius 2 is 2.17 bits per heavy atom. The van der Waals surface area contributed by atoms with Gasteiger partial charge in [0, 0.05) is 30.5 Å². The Balaban J connectivity index is 1.61. The van der Waals surface area contributed by atoms with Crippen LogP contribution in [0.2, 0.25) is 5.02 Å². The van der Waals surface area contributed by atoms with Gasteiger partial charge in [0.2, 0.25) is 5.91 Å². The third kappa shape index (κ3) is 4.23. The Hall–Kier alpha value is -2.74. The second-order valence-corrected chi connectivity index (χ2v) is 8.15. The van der Waals surface area contributed by atoms with E-state index in [1.165, 1.54) is 0 Å². The number of amides is 1. The standard InChI is InChI=1S/C21H25ClN6O2/c1-2-3-10-17(29)27-11-6-8-15(12-27)19-23-20-18(21(30)24-19)25-26-28(20)13-14-7-4-5-9-16(14)22/h4-5,7,9,15H,2-3,6,8,10-13H2,1H3,(H,23,24,30)/t15-/m0/s1. The number of carbonyl (C=O) groups excluding carboxylic acids is 1. The van der Waals surface area contributed by atoms with Crippen LogP contribution in [0.25, 0.3) is 11.2 Å². The highest BCUT2D eigenvalue weighted by Crippen LogP contribution is 2.25. The van der Waals surface area contributed by atoms with Gasteiger partial charge in [-0.2, -0.15) is 0 Å². The number of unbranched alkanes of at least 4 members (excludes halogenated alkanes) is 1. The Morgan fingerprint density at radius 3 is 2.97 bits per heavy atom. The summed E-state index contributed by atoms with van der Waals surface area (Å²) in [6.45, 7) is 3.79. The number of H-pyrrole nitrogens is 1. The van der Waals surface area contributed by atoms with Crippen LogP contribution in [0.3, 0.4) is 0 Å². The van der Waals surface area contributed by atoms with Crippen LogP contribution in [0.5, 0.6) is 0 Å². The second-order valence-electron chi connectivity index (χ2n) is 7.74. The fourth-order valence-electron chi connectivity index (χ4n) is 3.88. The van der Waals surface area contributed by atoms with E-state index in [1.54, 1.807) is 4.68 Å². The molecule has 3 heterocycles. The molecule has 1 fully saturated rings. The first kappa shape index (κ1) is 20.5. The monoisotopic (exact) mass is 428 g/mol. The summed E-state index contributed by atoms with van der Waals surface area (Å²) in [5, 5.41) is 8.75. The van der Waals surface area contributed by atoms with Crippen molar-refractivity contribution in [3.05, 3.63) is 51.0 Å². The highest BCUT2D eigenvalue weighted by molar-refractivity contribution is 6.31. The van der Waals surface area contributed by atoms with Gasteiger partial charge in [0.1, 0.15) is 5.82 Å². The minimum absolute atomic E-state index is 0.00918. The van der Waals surface area contributed by atoms with Gasteiger partial charge in [-0.05, 0) is 30.9 Å². The first-order valence-corrected chi connectivity index (χ1v) is 10.8. The Morgan fingerprint density at radius 1 is 1.33 bits per heavy atom. The fraction of sp³-hybridized carbons (Fsp3) is 0.476. The van der Waals surface area contributed by atoms with Crippen molar-refractivity contribution >= 4 is 28.7 Å². The van der Waals surface area contributed by atoms with Gasteiger partial charge in [-0.1, -0.05) is 48.4 Å². The van der Waals surface area contributed by atoms with Crippen molar-refractivity contribution in [2.75, 3.05) is 13.1 Å². The molecule has 3 aromatic rings. The number of nitrogens with zero attached hydrogens (tertiary/aromatic N) is 5. The summed E-state index contributed by atoms with van der Waals surface area (Å²) in [5.74, 6) is 0.753. The third-order valence-corrected chi connectivity index (χ3v) is 5.94. The van der Waals surface area contributed by atoms with Crippen LogP contribution in [0.1, 0.15) is 56.3 Å². The van der Waals surface area contributed by atoms with Crippen LogP contribution in [0.15, 0.2) is 29.1 Å². The van der Waals surface area contributed by atoms with Gasteiger partial charge in [-0.15, -0.1) is 5.10 Å². The number of piperidine rings is 1. The molecule has 0 saturated carbocycles. The highest BCUT2D eigenvalue weighted by atomic mass is 35.5. The number of aromatic nitrogens is 5. The number of fused-ring (bicyclic) bond motifs is 1. The van der Waals surface area contributed by atoms with Gasteiger partial charge >= 0.3 is 0 Å². The lowest BCUT2D eigenvalue weighted by molar-refractivity contribution is -0.132. The predicted octanol–water partition coefficient (Wildman–Crippen LogP) is 3.11. The quantitative estimate of drug-likeness (QED) is 0.650. The average Bonchev–Trinajstić information content (AvgIpc) is 3.17. The van der Waals surface area contributed by atoms with Crippen molar-refractivity contribution < 1.29 is 4.79 Å². The van der Waals surface area contributed by atoms with Crippen molar-refractivity contribution in [2.24, 2.45) is 0 Å². The van der Waals surface area contributed by atoms with E-state index in [0.717, 1.165) is 37.8 Å². The van der Waals surface area contributed by atoms with Crippen LogP contribution in [0.4, 0.5) is 0 Å². The molecule has 0 unspecified atom stereocenters. The zero-order valence-electron chi connectivity index (χ0n) is 17.0. The zero-order chi connectivity index (χ0) is 21.1. The summed E-state index contributed by atoms with van der Waals surface area (Å²) >= 11 is 6.27. The Bertz CT molecular complexity index is 1110. The van der Waals surface area contributed by atoms with Crippen LogP contribution >= 0.6 is 11.6 Å². The van der Waals surface area contributed by atoms with E-state index in [2.05, 4.69) is 22.2 Å². The molecule has 0 spiro atoms. The number of nitrogens with one attached hydrogen (secondary N) is 1. The molecule has 0 radical (unpaired) electrons. The molecule has 1 aromatic carbocycles. The number of rotatable bonds is 6. The maximum Gasteiger partial charge on any atom is 0.281 e. The predicted molar refractivity (Wildman–Crippen MR) is 115 cm³/mol. The van der Waals surface area contributed by atoms with E-state index >= 15 is 0 Å². The van der Waals surface area contributed by atoms with Gasteiger partial charge in [0.05, 0.1) is 6.54 Å². The molecule has 1 aliphatic heterocycles. The molecule has 30 heavy (non-hydrogen) atoms. The molecule has 0 bridgehead atoms. The molecule has 158 valence electrons. The molecule has 8 nitrogen and oxygen atoms in total. The molecule has 9 heteroatoms. The van der Waals surface area contributed by atoms with E-state index in [4.69, 9.17) is 16.6 Å². The van der Waals surface area contributed by atoms with Gasteiger partial charge < -0.3 is 9.88 Å². The maximum absolute atomic E-state index is 12.6. The summed E-state index contributed by atoms with van der Waals surface area (Å²) in [6.07, 6.45) is 4.23. The highest BCUT2D eigenvalue weighted by Gasteiger charge is 2.27. The first-order chi connectivity index (χ1) is 14.6. The molecule has 1 atom stereocenters. The maximum atomic E-state index is 12.6. The summed E-state index contributed by atoms with van der Waals surface area (Å²) in [6, 6.07) is 7.49. The summed E-state index contributed by atoms with van der Waals surface area (Å²) in [5.41, 5.74) is 1.20. The average molecular weight is 429 g/mol. The lowest BCUT2D eigenvalue weighted by Gasteiger charge is -2.32. The number of hydrogen-bond acceptors (Lipinski definition) is 5. The third-order valence-electron chi connectivity index (χ3n) is 5.57. The lowest BCUT2D eigenvalue weighted by atomic mass is 9.96. The van der Waals surface area contributed by atoms with E-state index < -0.39 is 0 Å². The largest absolute Gasteiger partial charge is 0.342 e. The van der Waals surface area contributed by atoms with Crippen molar-refractivity contribution in [3.8, 4) is 0 Å². The molecular weight excluding hydrogens is 404 g/mol. The van der Waals surface area contributed by atoms with Crippen LogP contribution in [-0.2, 0) is 11.3 Å². The Labute approximate surface area is 179 Å². The van der Waals surface area contributed by atoms with E-state index in [9.17, 15) is 9.59 Å². The minimum Gasteiger partial charge on any atom is -0.342 e. The first-order valence-electron chi connectivity index (χ1n) is 10.4. The second kappa shape index (κ2) is 8.95. The summed E-state index contributed by atoms with van der Waals surface area (Å²) < 4.78 is 1.60. The minimum atomic E-state index is -0.310. The number of carbonyl (C=O) groups is 1. The molecule has 1 N–H and O–H groups in total. The van der Waals surface area contributed by atoms with Gasteiger partial charge in [-0.25, -0.2) is 9.67 Å².